The van der Waals surface area contributed by atoms with Crippen LogP contribution in [-0.4, -0.2) is 30.1 Å². The molecule has 0 saturated heterocycles. The summed E-state index contributed by atoms with van der Waals surface area (Å²) in [5, 5.41) is 11.8. The molecule has 0 fully saturated rings. The van der Waals surface area contributed by atoms with Crippen LogP contribution in [0.2, 0.25) is 0 Å². The molecule has 0 aromatic heterocycles. The minimum atomic E-state index is -1.01. The highest BCUT2D eigenvalue weighted by Gasteiger charge is 2.22. The van der Waals surface area contributed by atoms with Gasteiger partial charge >= 0.3 is 5.97 Å². The van der Waals surface area contributed by atoms with Crippen LogP contribution in [0.4, 0.5) is 0 Å². The van der Waals surface area contributed by atoms with Gasteiger partial charge in [-0.3, -0.25) is 4.79 Å². The van der Waals surface area contributed by atoms with Crippen LogP contribution in [0.3, 0.4) is 0 Å². The monoisotopic (exact) mass is 293 g/mol. The second-order valence-electron chi connectivity index (χ2n) is 5.64. The molecule has 1 amide bonds. The highest BCUT2D eigenvalue weighted by molar-refractivity contribution is 5.97. The van der Waals surface area contributed by atoms with Gasteiger partial charge in [0.05, 0.1) is 7.11 Å². The number of methoxy groups -OCH3 is 1. The molecule has 0 spiro atoms. The third-order valence-electron chi connectivity index (χ3n) is 3.24. The molecule has 0 unspecified atom stereocenters. The number of benzene rings is 1. The maximum atomic E-state index is 12.2. The second-order valence-corrected chi connectivity index (χ2v) is 5.64. The van der Waals surface area contributed by atoms with E-state index < -0.39 is 12.0 Å². The number of aryl methyl sites for hydroxylation is 2. The molecule has 1 aromatic carbocycles. The van der Waals surface area contributed by atoms with E-state index in [2.05, 4.69) is 5.32 Å². The van der Waals surface area contributed by atoms with Crippen molar-refractivity contribution >= 4 is 11.9 Å². The number of hydrogen-bond donors (Lipinski definition) is 2. The second kappa shape index (κ2) is 7.11. The zero-order valence-corrected chi connectivity index (χ0v) is 13.2. The Morgan fingerprint density at radius 3 is 2.14 bits per heavy atom. The van der Waals surface area contributed by atoms with Crippen LogP contribution in [0, 0.1) is 19.8 Å². The summed E-state index contributed by atoms with van der Waals surface area (Å²) >= 11 is 0. The van der Waals surface area contributed by atoms with Gasteiger partial charge in [0.1, 0.15) is 11.8 Å². The molecule has 1 atom stereocenters. The summed E-state index contributed by atoms with van der Waals surface area (Å²) < 4.78 is 5.26. The van der Waals surface area contributed by atoms with E-state index in [9.17, 15) is 14.7 Å². The van der Waals surface area contributed by atoms with Crippen molar-refractivity contribution in [3.05, 3.63) is 28.8 Å². The number of aliphatic carboxylic acids is 1. The van der Waals surface area contributed by atoms with E-state index in [-0.39, 0.29) is 11.8 Å². The zero-order chi connectivity index (χ0) is 16.2. The van der Waals surface area contributed by atoms with Gasteiger partial charge in [-0.15, -0.1) is 0 Å². The molecule has 0 aliphatic heterocycles. The van der Waals surface area contributed by atoms with Crippen molar-refractivity contribution in [1.82, 2.24) is 5.32 Å². The summed E-state index contributed by atoms with van der Waals surface area (Å²) in [7, 11) is 1.58. The zero-order valence-electron chi connectivity index (χ0n) is 13.2. The molecule has 5 heteroatoms. The molecule has 0 saturated carbocycles. The Morgan fingerprint density at radius 1 is 1.24 bits per heavy atom. The molecule has 116 valence electrons. The van der Waals surface area contributed by atoms with Crippen LogP contribution in [0.25, 0.3) is 0 Å². The first kappa shape index (κ1) is 17.0. The molecule has 1 rings (SSSR count). The molecule has 0 aliphatic carbocycles. The topological polar surface area (TPSA) is 75.6 Å². The lowest BCUT2D eigenvalue weighted by atomic mass is 10.0. The molecule has 0 heterocycles. The lowest BCUT2D eigenvalue weighted by Crippen LogP contribution is -2.41. The molecule has 1 aromatic rings. The standard InChI is InChI=1S/C16H23NO4/c1-9(2)6-13(16(19)20)17-15(18)12-7-10(3)14(21-5)11(4)8-12/h7-9,13H,6H2,1-5H3,(H,17,18)(H,19,20)/t13-/m0/s1. The minimum Gasteiger partial charge on any atom is -0.496 e. The Balaban J connectivity index is 2.95. The first-order chi connectivity index (χ1) is 9.76. The molecule has 0 radical (unpaired) electrons. The fourth-order valence-corrected chi connectivity index (χ4v) is 2.34. The van der Waals surface area contributed by atoms with Crippen LogP contribution in [-0.2, 0) is 4.79 Å². The van der Waals surface area contributed by atoms with Gasteiger partial charge in [-0.25, -0.2) is 4.79 Å². The average molecular weight is 293 g/mol. The van der Waals surface area contributed by atoms with E-state index in [0.29, 0.717) is 12.0 Å². The van der Waals surface area contributed by atoms with Gasteiger partial charge in [-0.1, -0.05) is 13.8 Å². The van der Waals surface area contributed by atoms with Crippen molar-refractivity contribution in [3.8, 4) is 5.75 Å². The third-order valence-corrected chi connectivity index (χ3v) is 3.24. The Bertz CT molecular complexity index is 514. The Labute approximate surface area is 125 Å². The normalized spacial score (nSPS) is 12.1. The lowest BCUT2D eigenvalue weighted by molar-refractivity contribution is -0.139. The summed E-state index contributed by atoms with van der Waals surface area (Å²) in [4.78, 5) is 23.4. The van der Waals surface area contributed by atoms with E-state index in [1.165, 1.54) is 0 Å². The summed E-state index contributed by atoms with van der Waals surface area (Å²) in [5.74, 6) is -0.467. The lowest BCUT2D eigenvalue weighted by Gasteiger charge is -2.17. The number of hydrogen-bond acceptors (Lipinski definition) is 3. The van der Waals surface area contributed by atoms with Crippen molar-refractivity contribution in [1.29, 1.82) is 0 Å². The van der Waals surface area contributed by atoms with E-state index in [1.807, 2.05) is 27.7 Å². The molecular formula is C16H23NO4. The van der Waals surface area contributed by atoms with Gasteiger partial charge in [-0.2, -0.15) is 0 Å². The average Bonchev–Trinajstić information content (AvgIpc) is 2.36. The van der Waals surface area contributed by atoms with Gasteiger partial charge in [0.25, 0.3) is 5.91 Å². The molecule has 0 bridgehead atoms. The number of carboxylic acid groups (broad SMARTS) is 1. The number of rotatable bonds is 6. The largest absolute Gasteiger partial charge is 0.496 e. The Hall–Kier alpha value is -2.04. The summed E-state index contributed by atoms with van der Waals surface area (Å²) in [6, 6.07) is 2.53. The smallest absolute Gasteiger partial charge is 0.326 e. The van der Waals surface area contributed by atoms with Gasteiger partial charge in [0.15, 0.2) is 0 Å². The highest BCUT2D eigenvalue weighted by Crippen LogP contribution is 2.24. The fourth-order valence-electron chi connectivity index (χ4n) is 2.34. The fraction of sp³-hybridized carbons (Fsp3) is 0.500. The van der Waals surface area contributed by atoms with Gasteiger partial charge in [-0.05, 0) is 49.4 Å². The Morgan fingerprint density at radius 2 is 1.76 bits per heavy atom. The number of carbonyl (C=O) groups excluding carboxylic acids is 1. The molecule has 0 aliphatic rings. The van der Waals surface area contributed by atoms with E-state index >= 15 is 0 Å². The van der Waals surface area contributed by atoms with Crippen LogP contribution < -0.4 is 10.1 Å². The van der Waals surface area contributed by atoms with Gasteiger partial charge in [0, 0.05) is 5.56 Å². The van der Waals surface area contributed by atoms with Crippen molar-refractivity contribution in [2.45, 2.75) is 40.2 Å². The molecule has 5 nitrogen and oxygen atoms in total. The molecule has 21 heavy (non-hydrogen) atoms. The minimum absolute atomic E-state index is 0.186. The van der Waals surface area contributed by atoms with Gasteiger partial charge < -0.3 is 15.2 Å². The summed E-state index contributed by atoms with van der Waals surface area (Å²) in [6.07, 6.45) is 0.398. The van der Waals surface area contributed by atoms with Crippen LogP contribution in [0.1, 0.15) is 41.8 Å². The first-order valence-electron chi connectivity index (χ1n) is 6.95. The number of amides is 1. The SMILES string of the molecule is COc1c(C)cc(C(=O)N[C@@H](CC(C)C)C(=O)O)cc1C. The van der Waals surface area contributed by atoms with Crippen LogP contribution in [0.5, 0.6) is 5.75 Å². The number of ether oxygens (including phenoxy) is 1. The maximum Gasteiger partial charge on any atom is 0.326 e. The number of nitrogens with one attached hydrogen (secondary N) is 1. The van der Waals surface area contributed by atoms with Gasteiger partial charge in [0.2, 0.25) is 0 Å². The van der Waals surface area contributed by atoms with Crippen molar-refractivity contribution < 1.29 is 19.4 Å². The predicted octanol–water partition coefficient (Wildman–Crippen LogP) is 2.54. The third kappa shape index (κ3) is 4.48. The molecular weight excluding hydrogens is 270 g/mol. The maximum absolute atomic E-state index is 12.2. The van der Waals surface area contributed by atoms with E-state index in [4.69, 9.17) is 4.74 Å². The van der Waals surface area contributed by atoms with Crippen molar-refractivity contribution in [3.63, 3.8) is 0 Å². The van der Waals surface area contributed by atoms with Crippen molar-refractivity contribution in [2.75, 3.05) is 7.11 Å². The van der Waals surface area contributed by atoms with Crippen LogP contribution >= 0.6 is 0 Å². The van der Waals surface area contributed by atoms with Crippen LogP contribution in [0.15, 0.2) is 12.1 Å². The number of carbonyl (C=O) groups is 2. The summed E-state index contributed by atoms with van der Waals surface area (Å²) in [6.45, 7) is 7.55. The Kier molecular flexibility index (Phi) is 5.76. The van der Waals surface area contributed by atoms with E-state index in [1.54, 1.807) is 19.2 Å². The number of carboxylic acids is 1. The summed E-state index contributed by atoms with van der Waals surface area (Å²) in [5.41, 5.74) is 2.14. The quantitative estimate of drug-likeness (QED) is 0.845. The van der Waals surface area contributed by atoms with E-state index in [0.717, 1.165) is 16.9 Å². The molecule has 2 N–H and O–H groups in total. The first-order valence-corrected chi connectivity index (χ1v) is 6.95. The van der Waals surface area contributed by atoms with Crippen molar-refractivity contribution in [2.24, 2.45) is 5.92 Å². The predicted molar refractivity (Wildman–Crippen MR) is 80.8 cm³/mol. The highest BCUT2D eigenvalue weighted by atomic mass is 16.5.